The average molecular weight is 310 g/mol. The summed E-state index contributed by atoms with van der Waals surface area (Å²) in [6, 6.07) is 14.1. The monoisotopic (exact) mass is 310 g/mol. The molecule has 2 nitrogen and oxygen atoms in total. The molecule has 0 heterocycles. The third-order valence-corrected chi connectivity index (χ3v) is 4.20. The van der Waals surface area contributed by atoms with Crippen molar-refractivity contribution in [2.24, 2.45) is 0 Å². The molecule has 114 valence electrons. The van der Waals surface area contributed by atoms with Crippen molar-refractivity contribution in [3.63, 3.8) is 0 Å². The Labute approximate surface area is 133 Å². The van der Waals surface area contributed by atoms with Gasteiger partial charge in [0, 0.05) is 12.5 Å². The second-order valence-corrected chi connectivity index (χ2v) is 11.4. The standard InChI is InChI=1S/C19H22O2Si/c1-15(20)21-19(2,13-14-22(3,4)5)18-12-8-10-16-9-6-7-11-17(16)18/h6-12H,1-5H3/t19-/m0/s1. The molecule has 0 N–H and O–H groups in total. The van der Waals surface area contributed by atoms with Crippen LogP contribution in [0.2, 0.25) is 19.6 Å². The van der Waals surface area contributed by atoms with Gasteiger partial charge in [0.05, 0.1) is 0 Å². The summed E-state index contributed by atoms with van der Waals surface area (Å²) in [7, 11) is -1.57. The predicted molar refractivity (Wildman–Crippen MR) is 94.2 cm³/mol. The van der Waals surface area contributed by atoms with E-state index < -0.39 is 13.7 Å². The Morgan fingerprint density at radius 1 is 1.09 bits per heavy atom. The van der Waals surface area contributed by atoms with E-state index in [0.29, 0.717) is 0 Å². The molecule has 0 unspecified atom stereocenters. The summed E-state index contributed by atoms with van der Waals surface area (Å²) >= 11 is 0. The highest BCUT2D eigenvalue weighted by molar-refractivity contribution is 6.83. The van der Waals surface area contributed by atoms with E-state index in [0.717, 1.165) is 16.3 Å². The number of hydrogen-bond acceptors (Lipinski definition) is 2. The van der Waals surface area contributed by atoms with Crippen molar-refractivity contribution >= 4 is 24.8 Å². The van der Waals surface area contributed by atoms with Gasteiger partial charge < -0.3 is 4.74 Å². The largest absolute Gasteiger partial charge is 0.442 e. The highest BCUT2D eigenvalue weighted by Crippen LogP contribution is 2.31. The fourth-order valence-corrected chi connectivity index (χ4v) is 3.00. The van der Waals surface area contributed by atoms with Crippen molar-refractivity contribution in [3.8, 4) is 11.5 Å². The third kappa shape index (κ3) is 3.78. The van der Waals surface area contributed by atoms with Crippen LogP contribution in [0.5, 0.6) is 0 Å². The summed E-state index contributed by atoms with van der Waals surface area (Å²) < 4.78 is 5.64. The summed E-state index contributed by atoms with van der Waals surface area (Å²) in [4.78, 5) is 11.6. The molecular weight excluding hydrogens is 288 g/mol. The highest BCUT2D eigenvalue weighted by atomic mass is 28.3. The predicted octanol–water partition coefficient (Wildman–Crippen LogP) is 4.50. The number of carbonyl (C=O) groups excluding carboxylic acids is 1. The summed E-state index contributed by atoms with van der Waals surface area (Å²) in [6.07, 6.45) is 0. The van der Waals surface area contributed by atoms with Gasteiger partial charge in [0.25, 0.3) is 0 Å². The minimum atomic E-state index is -1.57. The first kappa shape index (κ1) is 16.3. The first-order valence-electron chi connectivity index (χ1n) is 7.43. The van der Waals surface area contributed by atoms with Crippen LogP contribution in [0.4, 0.5) is 0 Å². The Kier molecular flexibility index (Phi) is 4.44. The van der Waals surface area contributed by atoms with E-state index in [2.05, 4.69) is 43.2 Å². The first-order valence-corrected chi connectivity index (χ1v) is 10.9. The maximum absolute atomic E-state index is 11.6. The zero-order valence-electron chi connectivity index (χ0n) is 13.9. The number of hydrogen-bond donors (Lipinski definition) is 0. The van der Waals surface area contributed by atoms with Crippen LogP contribution < -0.4 is 0 Å². The van der Waals surface area contributed by atoms with Crippen LogP contribution in [-0.4, -0.2) is 14.0 Å². The lowest BCUT2D eigenvalue weighted by Gasteiger charge is -2.26. The van der Waals surface area contributed by atoms with Gasteiger partial charge in [-0.15, -0.1) is 5.54 Å². The molecule has 0 fully saturated rings. The molecule has 2 rings (SSSR count). The maximum atomic E-state index is 11.6. The van der Waals surface area contributed by atoms with Gasteiger partial charge in [-0.1, -0.05) is 68.0 Å². The second-order valence-electron chi connectivity index (χ2n) is 6.65. The molecular formula is C19H22O2Si. The molecule has 2 aromatic rings. The third-order valence-electron chi connectivity index (χ3n) is 3.33. The Morgan fingerprint density at radius 2 is 1.73 bits per heavy atom. The molecule has 3 heteroatoms. The van der Waals surface area contributed by atoms with E-state index in [4.69, 9.17) is 4.74 Å². The van der Waals surface area contributed by atoms with Crippen LogP contribution in [0.1, 0.15) is 19.4 Å². The molecule has 0 saturated heterocycles. The number of rotatable bonds is 2. The van der Waals surface area contributed by atoms with Crippen LogP contribution in [0, 0.1) is 11.5 Å². The van der Waals surface area contributed by atoms with Gasteiger partial charge in [0.15, 0.2) is 5.60 Å². The Hall–Kier alpha value is -2.05. The summed E-state index contributed by atoms with van der Waals surface area (Å²) in [6.45, 7) is 9.84. The zero-order valence-corrected chi connectivity index (χ0v) is 14.9. The van der Waals surface area contributed by atoms with Gasteiger partial charge in [-0.2, -0.15) is 0 Å². The first-order chi connectivity index (χ1) is 10.2. The van der Waals surface area contributed by atoms with Crippen molar-refractivity contribution in [1.82, 2.24) is 0 Å². The average Bonchev–Trinajstić information content (AvgIpc) is 2.43. The van der Waals surface area contributed by atoms with Crippen molar-refractivity contribution in [1.29, 1.82) is 0 Å². The van der Waals surface area contributed by atoms with Gasteiger partial charge in [0.1, 0.15) is 8.07 Å². The van der Waals surface area contributed by atoms with E-state index in [1.807, 2.05) is 37.3 Å². The fourth-order valence-electron chi connectivity index (χ4n) is 2.38. The molecule has 2 aromatic carbocycles. The van der Waals surface area contributed by atoms with E-state index in [1.54, 1.807) is 0 Å². The molecule has 0 aromatic heterocycles. The Morgan fingerprint density at radius 3 is 2.36 bits per heavy atom. The van der Waals surface area contributed by atoms with Gasteiger partial charge >= 0.3 is 5.97 Å². The van der Waals surface area contributed by atoms with Crippen molar-refractivity contribution in [3.05, 3.63) is 48.0 Å². The Bertz CT molecular complexity index is 757. The van der Waals surface area contributed by atoms with Crippen molar-refractivity contribution in [2.45, 2.75) is 39.1 Å². The number of carbonyl (C=O) groups is 1. The van der Waals surface area contributed by atoms with Crippen molar-refractivity contribution in [2.75, 3.05) is 0 Å². The van der Waals surface area contributed by atoms with Crippen LogP contribution in [0.25, 0.3) is 10.8 Å². The molecule has 0 aliphatic heterocycles. The fraction of sp³-hybridized carbons (Fsp3) is 0.316. The van der Waals surface area contributed by atoms with Gasteiger partial charge in [-0.05, 0) is 17.7 Å². The SMILES string of the molecule is CC(=O)O[C@@](C)(C#C[Si](C)(C)C)c1cccc2ccccc12. The van der Waals surface area contributed by atoms with Crippen molar-refractivity contribution < 1.29 is 9.53 Å². The molecule has 0 amide bonds. The molecule has 1 atom stereocenters. The van der Waals surface area contributed by atoms with Gasteiger partial charge in [-0.25, -0.2) is 0 Å². The van der Waals surface area contributed by atoms with Crippen LogP contribution in [0.3, 0.4) is 0 Å². The Balaban J connectivity index is 2.66. The number of fused-ring (bicyclic) bond motifs is 1. The minimum Gasteiger partial charge on any atom is -0.442 e. The van der Waals surface area contributed by atoms with E-state index in [-0.39, 0.29) is 5.97 Å². The van der Waals surface area contributed by atoms with Crippen LogP contribution in [0.15, 0.2) is 42.5 Å². The molecule has 0 aliphatic rings. The van der Waals surface area contributed by atoms with E-state index in [1.165, 1.54) is 6.92 Å². The number of benzene rings is 2. The molecule has 0 aliphatic carbocycles. The topological polar surface area (TPSA) is 26.3 Å². The minimum absolute atomic E-state index is 0.319. The normalized spacial score (nSPS) is 13.9. The van der Waals surface area contributed by atoms with Gasteiger partial charge in [-0.3, -0.25) is 4.79 Å². The van der Waals surface area contributed by atoms with E-state index in [9.17, 15) is 4.79 Å². The molecule has 0 bridgehead atoms. The lowest BCUT2D eigenvalue weighted by Crippen LogP contribution is -2.28. The lowest BCUT2D eigenvalue weighted by atomic mass is 9.91. The lowest BCUT2D eigenvalue weighted by molar-refractivity contribution is -0.150. The smallest absolute Gasteiger partial charge is 0.304 e. The van der Waals surface area contributed by atoms with E-state index >= 15 is 0 Å². The van der Waals surface area contributed by atoms with Crippen LogP contribution >= 0.6 is 0 Å². The summed E-state index contributed by atoms with van der Waals surface area (Å²) in [5, 5.41) is 2.19. The quantitative estimate of drug-likeness (QED) is 0.464. The molecule has 0 spiro atoms. The highest BCUT2D eigenvalue weighted by Gasteiger charge is 2.30. The molecule has 0 saturated carbocycles. The van der Waals surface area contributed by atoms with Gasteiger partial charge in [0.2, 0.25) is 0 Å². The number of ether oxygens (including phenoxy) is 1. The maximum Gasteiger partial charge on any atom is 0.304 e. The zero-order chi connectivity index (χ0) is 16.4. The summed E-state index contributed by atoms with van der Waals surface area (Å²) in [5.74, 6) is 2.93. The second kappa shape index (κ2) is 5.98. The molecule has 22 heavy (non-hydrogen) atoms. The van der Waals surface area contributed by atoms with Crippen LogP contribution in [-0.2, 0) is 15.1 Å². The molecule has 0 radical (unpaired) electrons. The summed E-state index contributed by atoms with van der Waals surface area (Å²) in [5.41, 5.74) is 3.36. The number of esters is 1.